The molecule has 3 heterocycles. The minimum absolute atomic E-state index is 0.102. The van der Waals surface area contributed by atoms with Crippen LogP contribution in [-0.2, 0) is 6.54 Å². The molecule has 0 unspecified atom stereocenters. The number of hydrogen-bond acceptors (Lipinski definition) is 4. The Labute approximate surface area is 146 Å². The Hall–Kier alpha value is -2.60. The zero-order valence-electron chi connectivity index (χ0n) is 14.6. The summed E-state index contributed by atoms with van der Waals surface area (Å²) < 4.78 is 5.24. The number of fused-ring (bicyclic) bond motifs is 1. The van der Waals surface area contributed by atoms with E-state index in [1.165, 1.54) is 0 Å². The predicted octanol–water partition coefficient (Wildman–Crippen LogP) is 2.73. The van der Waals surface area contributed by atoms with Gasteiger partial charge >= 0.3 is 0 Å². The van der Waals surface area contributed by atoms with Gasteiger partial charge in [0.05, 0.1) is 16.8 Å². The lowest BCUT2D eigenvalue weighted by molar-refractivity contribution is 0.0629. The SMILES string of the molecule is Cc1noc(C)c1CN1CCN(C(=O)c2cccc3cc[nH]c23)CC1. The number of hydrogen-bond donors (Lipinski definition) is 1. The number of nitrogens with one attached hydrogen (secondary N) is 1. The number of carbonyl (C=O) groups excluding carboxylic acids is 1. The molecular weight excluding hydrogens is 316 g/mol. The van der Waals surface area contributed by atoms with Gasteiger partial charge in [-0.15, -0.1) is 0 Å². The molecule has 1 aliphatic heterocycles. The third-order valence-electron chi connectivity index (χ3n) is 5.04. The van der Waals surface area contributed by atoms with Crippen LogP contribution in [0.15, 0.2) is 35.0 Å². The van der Waals surface area contributed by atoms with Gasteiger partial charge < -0.3 is 14.4 Å². The third-order valence-corrected chi connectivity index (χ3v) is 5.04. The minimum Gasteiger partial charge on any atom is -0.361 e. The molecule has 1 aliphatic rings. The Balaban J connectivity index is 1.43. The Morgan fingerprint density at radius 2 is 2.00 bits per heavy atom. The quantitative estimate of drug-likeness (QED) is 0.797. The number of aromatic amines is 1. The summed E-state index contributed by atoms with van der Waals surface area (Å²) in [7, 11) is 0. The van der Waals surface area contributed by atoms with Crippen LogP contribution in [0.2, 0.25) is 0 Å². The van der Waals surface area contributed by atoms with E-state index in [9.17, 15) is 4.79 Å². The fourth-order valence-corrected chi connectivity index (χ4v) is 3.49. The fraction of sp³-hybridized carbons (Fsp3) is 0.368. The highest BCUT2D eigenvalue weighted by molar-refractivity contribution is 6.05. The van der Waals surface area contributed by atoms with E-state index in [0.29, 0.717) is 0 Å². The van der Waals surface area contributed by atoms with Crippen molar-refractivity contribution in [1.82, 2.24) is 19.9 Å². The van der Waals surface area contributed by atoms with Crippen LogP contribution in [0, 0.1) is 13.8 Å². The molecule has 25 heavy (non-hydrogen) atoms. The van der Waals surface area contributed by atoms with Crippen molar-refractivity contribution in [2.24, 2.45) is 0 Å². The normalized spacial score (nSPS) is 15.8. The maximum absolute atomic E-state index is 12.9. The number of amides is 1. The number of H-pyrrole nitrogens is 1. The summed E-state index contributed by atoms with van der Waals surface area (Å²) in [5.41, 5.74) is 3.79. The van der Waals surface area contributed by atoms with Gasteiger partial charge in [-0.3, -0.25) is 9.69 Å². The molecule has 1 saturated heterocycles. The van der Waals surface area contributed by atoms with Crippen molar-refractivity contribution in [1.29, 1.82) is 0 Å². The molecule has 1 amide bonds. The monoisotopic (exact) mass is 338 g/mol. The van der Waals surface area contributed by atoms with E-state index in [0.717, 1.165) is 66.2 Å². The Kier molecular flexibility index (Phi) is 4.05. The van der Waals surface area contributed by atoms with E-state index < -0.39 is 0 Å². The summed E-state index contributed by atoms with van der Waals surface area (Å²) in [6, 6.07) is 7.85. The minimum atomic E-state index is 0.102. The van der Waals surface area contributed by atoms with Crippen LogP contribution >= 0.6 is 0 Å². The topological polar surface area (TPSA) is 65.4 Å². The molecule has 2 aromatic heterocycles. The number of carbonyl (C=O) groups is 1. The maximum atomic E-state index is 12.9. The number of para-hydroxylation sites is 1. The zero-order chi connectivity index (χ0) is 17.4. The van der Waals surface area contributed by atoms with E-state index in [2.05, 4.69) is 15.0 Å². The lowest BCUT2D eigenvalue weighted by Gasteiger charge is -2.34. The Bertz CT molecular complexity index is 884. The first-order valence-corrected chi connectivity index (χ1v) is 8.63. The van der Waals surface area contributed by atoms with Gasteiger partial charge in [-0.2, -0.15) is 0 Å². The average molecular weight is 338 g/mol. The van der Waals surface area contributed by atoms with Crippen molar-refractivity contribution in [3.05, 3.63) is 53.0 Å². The molecule has 1 fully saturated rings. The summed E-state index contributed by atoms with van der Waals surface area (Å²) in [5.74, 6) is 0.986. The first-order valence-electron chi connectivity index (χ1n) is 8.63. The van der Waals surface area contributed by atoms with Crippen LogP contribution in [0.4, 0.5) is 0 Å². The molecule has 6 heteroatoms. The van der Waals surface area contributed by atoms with Crippen LogP contribution in [0.1, 0.15) is 27.4 Å². The van der Waals surface area contributed by atoms with Crippen molar-refractivity contribution in [2.75, 3.05) is 26.2 Å². The van der Waals surface area contributed by atoms with Crippen molar-refractivity contribution in [3.8, 4) is 0 Å². The van der Waals surface area contributed by atoms with Crippen LogP contribution in [-0.4, -0.2) is 52.0 Å². The number of aromatic nitrogens is 2. The summed E-state index contributed by atoms with van der Waals surface area (Å²) in [6.45, 7) is 7.94. The standard InChI is InChI=1S/C19H22N4O2/c1-13-17(14(2)25-21-13)12-22-8-10-23(11-9-22)19(24)16-5-3-4-15-6-7-20-18(15)16/h3-7,20H,8-12H2,1-2H3. The number of nitrogens with zero attached hydrogens (tertiary/aromatic N) is 3. The van der Waals surface area contributed by atoms with Crippen LogP contribution in [0.3, 0.4) is 0 Å². The van der Waals surface area contributed by atoms with E-state index >= 15 is 0 Å². The molecule has 1 N–H and O–H groups in total. The molecule has 1 aromatic carbocycles. The molecule has 3 aromatic rings. The van der Waals surface area contributed by atoms with Crippen molar-refractivity contribution in [2.45, 2.75) is 20.4 Å². The lowest BCUT2D eigenvalue weighted by atomic mass is 10.1. The number of rotatable bonds is 3. The number of piperazine rings is 1. The summed E-state index contributed by atoms with van der Waals surface area (Å²) in [6.07, 6.45) is 1.88. The van der Waals surface area contributed by atoms with E-state index in [1.54, 1.807) is 0 Å². The molecule has 0 spiro atoms. The van der Waals surface area contributed by atoms with Gasteiger partial charge in [0, 0.05) is 49.9 Å². The summed E-state index contributed by atoms with van der Waals surface area (Å²) in [4.78, 5) is 20.4. The predicted molar refractivity (Wildman–Crippen MR) is 95.5 cm³/mol. The molecule has 130 valence electrons. The maximum Gasteiger partial charge on any atom is 0.256 e. The van der Waals surface area contributed by atoms with Crippen molar-refractivity contribution >= 4 is 16.8 Å². The van der Waals surface area contributed by atoms with Gasteiger partial charge in [-0.05, 0) is 26.0 Å². The number of aryl methyl sites for hydroxylation is 2. The van der Waals surface area contributed by atoms with Gasteiger partial charge in [0.15, 0.2) is 0 Å². The summed E-state index contributed by atoms with van der Waals surface area (Å²) >= 11 is 0. The zero-order valence-corrected chi connectivity index (χ0v) is 14.6. The molecule has 0 saturated carbocycles. The van der Waals surface area contributed by atoms with E-state index in [-0.39, 0.29) is 5.91 Å². The van der Waals surface area contributed by atoms with Crippen molar-refractivity contribution in [3.63, 3.8) is 0 Å². The smallest absolute Gasteiger partial charge is 0.256 e. The number of benzene rings is 1. The molecule has 4 rings (SSSR count). The van der Waals surface area contributed by atoms with E-state index in [4.69, 9.17) is 4.52 Å². The summed E-state index contributed by atoms with van der Waals surface area (Å²) in [5, 5.41) is 5.09. The molecule has 6 nitrogen and oxygen atoms in total. The second kappa shape index (κ2) is 6.37. The van der Waals surface area contributed by atoms with Gasteiger partial charge in [-0.25, -0.2) is 0 Å². The average Bonchev–Trinajstić information content (AvgIpc) is 3.23. The second-order valence-corrected chi connectivity index (χ2v) is 6.62. The van der Waals surface area contributed by atoms with Crippen LogP contribution < -0.4 is 0 Å². The molecular formula is C19H22N4O2. The highest BCUT2D eigenvalue weighted by Gasteiger charge is 2.24. The van der Waals surface area contributed by atoms with Crippen LogP contribution in [0.25, 0.3) is 10.9 Å². The van der Waals surface area contributed by atoms with Crippen LogP contribution in [0.5, 0.6) is 0 Å². The second-order valence-electron chi connectivity index (χ2n) is 6.62. The molecule has 0 bridgehead atoms. The van der Waals surface area contributed by atoms with Gasteiger partial charge in [0.25, 0.3) is 5.91 Å². The molecule has 0 aliphatic carbocycles. The first kappa shape index (κ1) is 15.9. The van der Waals surface area contributed by atoms with Gasteiger partial charge in [0.1, 0.15) is 5.76 Å². The van der Waals surface area contributed by atoms with Gasteiger partial charge in [-0.1, -0.05) is 17.3 Å². The first-order chi connectivity index (χ1) is 12.1. The fourth-order valence-electron chi connectivity index (χ4n) is 3.49. The lowest BCUT2D eigenvalue weighted by Crippen LogP contribution is -2.48. The molecule has 0 radical (unpaired) electrons. The molecule has 0 atom stereocenters. The van der Waals surface area contributed by atoms with Crippen molar-refractivity contribution < 1.29 is 9.32 Å². The highest BCUT2D eigenvalue weighted by atomic mass is 16.5. The highest BCUT2D eigenvalue weighted by Crippen LogP contribution is 2.20. The Morgan fingerprint density at radius 3 is 2.72 bits per heavy atom. The van der Waals surface area contributed by atoms with Gasteiger partial charge in [0.2, 0.25) is 0 Å². The third kappa shape index (κ3) is 2.93. The largest absolute Gasteiger partial charge is 0.361 e. The Morgan fingerprint density at radius 1 is 1.20 bits per heavy atom. The van der Waals surface area contributed by atoms with E-state index in [1.807, 2.05) is 49.2 Å².